The van der Waals surface area contributed by atoms with E-state index < -0.39 is 11.9 Å². The molecule has 0 saturated carbocycles. The Morgan fingerprint density at radius 2 is 1.66 bits per heavy atom. The number of amides is 1. The number of nitrogens with one attached hydrogen (secondary N) is 1. The summed E-state index contributed by atoms with van der Waals surface area (Å²) in [5, 5.41) is 18.1. The highest BCUT2D eigenvalue weighted by atomic mass is 16.5. The molecular formula is C28H35N3O4. The molecule has 7 heteroatoms. The Labute approximate surface area is 206 Å². The van der Waals surface area contributed by atoms with Gasteiger partial charge >= 0.3 is 0 Å². The van der Waals surface area contributed by atoms with Gasteiger partial charge in [-0.15, -0.1) is 0 Å². The molecule has 0 aliphatic rings. The van der Waals surface area contributed by atoms with Gasteiger partial charge in [-0.2, -0.15) is 5.10 Å². The predicted octanol–water partition coefficient (Wildman–Crippen LogP) is 5.42. The summed E-state index contributed by atoms with van der Waals surface area (Å²) < 4.78 is 6.45. The molecule has 1 aromatic heterocycles. The second-order valence-electron chi connectivity index (χ2n) is 10.8. The molecule has 186 valence electrons. The van der Waals surface area contributed by atoms with Crippen LogP contribution in [0.2, 0.25) is 0 Å². The van der Waals surface area contributed by atoms with Gasteiger partial charge in [0.1, 0.15) is 17.5 Å². The number of benzene rings is 2. The first-order chi connectivity index (χ1) is 16.2. The van der Waals surface area contributed by atoms with E-state index in [1.807, 2.05) is 51.1 Å². The first-order valence-corrected chi connectivity index (χ1v) is 11.7. The van der Waals surface area contributed by atoms with Crippen molar-refractivity contribution >= 4 is 11.6 Å². The summed E-state index contributed by atoms with van der Waals surface area (Å²) in [6, 6.07) is 13.0. The number of phenols is 1. The van der Waals surface area contributed by atoms with Crippen molar-refractivity contribution in [3.05, 3.63) is 70.0 Å². The number of ether oxygens (including phenoxy) is 1. The summed E-state index contributed by atoms with van der Waals surface area (Å²) in [6.45, 7) is 13.9. The second kappa shape index (κ2) is 9.56. The van der Waals surface area contributed by atoms with Gasteiger partial charge in [0.15, 0.2) is 0 Å². The molecule has 2 N–H and O–H groups in total. The molecule has 1 unspecified atom stereocenters. The normalized spacial score (nSPS) is 12.8. The molecular weight excluding hydrogens is 442 g/mol. The van der Waals surface area contributed by atoms with Crippen LogP contribution in [0.15, 0.2) is 53.3 Å². The summed E-state index contributed by atoms with van der Waals surface area (Å²) >= 11 is 0. The SMILES string of the molecule is COc1cccc(-c2ccc(=O)n(C(C)C(=O)Nc3cc(O)c(C(C)(C)C)cc3C(C)(C)C)n2)c1. The lowest BCUT2D eigenvalue weighted by Gasteiger charge is -2.29. The number of nitrogens with zero attached hydrogens (tertiary/aromatic N) is 2. The Morgan fingerprint density at radius 3 is 2.26 bits per heavy atom. The van der Waals surface area contributed by atoms with Gasteiger partial charge in [-0.1, -0.05) is 53.7 Å². The molecule has 2 aromatic carbocycles. The van der Waals surface area contributed by atoms with Crippen LogP contribution in [0.4, 0.5) is 5.69 Å². The zero-order chi connectivity index (χ0) is 26.1. The molecule has 1 heterocycles. The fourth-order valence-electron chi connectivity index (χ4n) is 3.90. The number of aromatic nitrogens is 2. The van der Waals surface area contributed by atoms with Gasteiger partial charge in [-0.3, -0.25) is 9.59 Å². The molecule has 1 amide bonds. The van der Waals surface area contributed by atoms with Crippen molar-refractivity contribution in [2.24, 2.45) is 0 Å². The Kier molecular flexibility index (Phi) is 7.11. The molecule has 3 rings (SSSR count). The van der Waals surface area contributed by atoms with Crippen molar-refractivity contribution in [1.29, 1.82) is 0 Å². The smallest absolute Gasteiger partial charge is 0.267 e. The van der Waals surface area contributed by atoms with Crippen molar-refractivity contribution < 1.29 is 14.6 Å². The third kappa shape index (κ3) is 5.73. The van der Waals surface area contributed by atoms with Gasteiger partial charge in [-0.25, -0.2) is 4.68 Å². The van der Waals surface area contributed by atoms with Crippen molar-refractivity contribution in [2.75, 3.05) is 12.4 Å². The largest absolute Gasteiger partial charge is 0.508 e. The number of rotatable bonds is 5. The lowest BCUT2D eigenvalue weighted by atomic mass is 9.79. The van der Waals surface area contributed by atoms with E-state index in [4.69, 9.17) is 4.74 Å². The summed E-state index contributed by atoms with van der Waals surface area (Å²) in [6.07, 6.45) is 0. The Bertz CT molecular complexity index is 1300. The molecule has 0 bridgehead atoms. The minimum atomic E-state index is -0.884. The van der Waals surface area contributed by atoms with Crippen LogP contribution in [-0.2, 0) is 15.6 Å². The molecule has 3 aromatic rings. The molecule has 0 aliphatic carbocycles. The summed E-state index contributed by atoms with van der Waals surface area (Å²) in [5.41, 5.74) is 2.58. The predicted molar refractivity (Wildman–Crippen MR) is 139 cm³/mol. The first-order valence-electron chi connectivity index (χ1n) is 11.7. The highest BCUT2D eigenvalue weighted by molar-refractivity contribution is 5.94. The number of aromatic hydroxyl groups is 1. The van der Waals surface area contributed by atoms with Gasteiger partial charge in [-0.05, 0) is 53.1 Å². The maximum atomic E-state index is 13.3. The van der Waals surface area contributed by atoms with E-state index >= 15 is 0 Å². The molecule has 35 heavy (non-hydrogen) atoms. The van der Waals surface area contributed by atoms with Crippen LogP contribution < -0.4 is 15.6 Å². The van der Waals surface area contributed by atoms with Gasteiger partial charge < -0.3 is 15.2 Å². The number of carbonyl (C=O) groups is 1. The molecule has 0 spiro atoms. The molecule has 0 fully saturated rings. The van der Waals surface area contributed by atoms with Crippen molar-refractivity contribution in [3.8, 4) is 22.8 Å². The van der Waals surface area contributed by atoms with Gasteiger partial charge in [0.25, 0.3) is 5.56 Å². The van der Waals surface area contributed by atoms with Crippen LogP contribution in [0.3, 0.4) is 0 Å². The van der Waals surface area contributed by atoms with E-state index in [2.05, 4.69) is 31.2 Å². The Balaban J connectivity index is 1.98. The van der Waals surface area contributed by atoms with Crippen LogP contribution >= 0.6 is 0 Å². The van der Waals surface area contributed by atoms with E-state index in [1.165, 1.54) is 10.7 Å². The number of hydrogen-bond acceptors (Lipinski definition) is 5. The third-order valence-electron chi connectivity index (χ3n) is 5.95. The quantitative estimate of drug-likeness (QED) is 0.512. The zero-order valence-electron chi connectivity index (χ0n) is 21.8. The summed E-state index contributed by atoms with van der Waals surface area (Å²) in [4.78, 5) is 25.9. The molecule has 0 radical (unpaired) electrons. The number of anilines is 1. The monoisotopic (exact) mass is 477 g/mol. The molecule has 1 atom stereocenters. The number of methoxy groups -OCH3 is 1. The standard InChI is InChI=1S/C28H35N3O4/c1-17(31-25(33)13-12-22(30-31)18-10-9-11-19(14-18)35-8)26(34)29-23-16-24(32)21(28(5,6)7)15-20(23)27(2,3)4/h9-17,32H,1-8H3,(H,29,34). The van der Waals surface area contributed by atoms with Gasteiger partial charge in [0.05, 0.1) is 12.8 Å². The van der Waals surface area contributed by atoms with Gasteiger partial charge in [0, 0.05) is 23.4 Å². The van der Waals surface area contributed by atoms with E-state index in [-0.39, 0.29) is 22.1 Å². The molecule has 0 aliphatic heterocycles. The first kappa shape index (κ1) is 26.0. The highest BCUT2D eigenvalue weighted by Gasteiger charge is 2.27. The fourth-order valence-corrected chi connectivity index (χ4v) is 3.90. The fraction of sp³-hybridized carbons (Fsp3) is 0.393. The number of phenolic OH excluding ortho intramolecular Hbond substituents is 1. The van der Waals surface area contributed by atoms with Crippen LogP contribution in [0.25, 0.3) is 11.3 Å². The Morgan fingerprint density at radius 1 is 1.00 bits per heavy atom. The van der Waals surface area contributed by atoms with Crippen LogP contribution in [-0.4, -0.2) is 27.9 Å². The number of carbonyl (C=O) groups excluding carboxylic acids is 1. The van der Waals surface area contributed by atoms with Crippen molar-refractivity contribution in [3.63, 3.8) is 0 Å². The van der Waals surface area contributed by atoms with E-state index in [0.717, 1.165) is 16.7 Å². The zero-order valence-corrected chi connectivity index (χ0v) is 21.8. The average molecular weight is 478 g/mol. The van der Waals surface area contributed by atoms with Gasteiger partial charge in [0.2, 0.25) is 5.91 Å². The lowest BCUT2D eigenvalue weighted by molar-refractivity contribution is -0.119. The molecule has 0 saturated heterocycles. The van der Waals surface area contributed by atoms with Crippen LogP contribution in [0.1, 0.15) is 65.6 Å². The topological polar surface area (TPSA) is 93.5 Å². The summed E-state index contributed by atoms with van der Waals surface area (Å²) in [5.74, 6) is 0.376. The lowest BCUT2D eigenvalue weighted by Crippen LogP contribution is -2.33. The Hall–Kier alpha value is -3.61. The molecule has 7 nitrogen and oxygen atoms in total. The average Bonchev–Trinajstić information content (AvgIpc) is 2.77. The van der Waals surface area contributed by atoms with Crippen LogP contribution in [0, 0.1) is 0 Å². The second-order valence-corrected chi connectivity index (χ2v) is 10.8. The number of hydrogen-bond donors (Lipinski definition) is 2. The minimum absolute atomic E-state index is 0.115. The highest BCUT2D eigenvalue weighted by Crippen LogP contribution is 2.39. The maximum absolute atomic E-state index is 13.3. The van der Waals surface area contributed by atoms with Crippen molar-refractivity contribution in [2.45, 2.75) is 65.3 Å². The summed E-state index contributed by atoms with van der Waals surface area (Å²) in [7, 11) is 1.58. The minimum Gasteiger partial charge on any atom is -0.508 e. The van der Waals surface area contributed by atoms with E-state index in [1.54, 1.807) is 26.2 Å². The van der Waals surface area contributed by atoms with E-state index in [9.17, 15) is 14.7 Å². The van der Waals surface area contributed by atoms with E-state index in [0.29, 0.717) is 17.1 Å². The van der Waals surface area contributed by atoms with Crippen LogP contribution in [0.5, 0.6) is 11.5 Å². The third-order valence-corrected chi connectivity index (χ3v) is 5.95. The van der Waals surface area contributed by atoms with Crippen molar-refractivity contribution in [1.82, 2.24) is 9.78 Å². The maximum Gasteiger partial charge on any atom is 0.267 e.